The molecule has 0 aromatic heterocycles. The molecule has 0 N–H and O–H groups in total. The fraction of sp³-hybridized carbons (Fsp3) is 0.481. The van der Waals surface area contributed by atoms with E-state index in [0.717, 1.165) is 64.1 Å². The van der Waals surface area contributed by atoms with Crippen molar-refractivity contribution in [1.29, 1.82) is 0 Å². The zero-order valence-electron chi connectivity index (χ0n) is 19.0. The molecule has 5 rings (SSSR count). The van der Waals surface area contributed by atoms with E-state index in [9.17, 15) is 9.59 Å². The second-order valence-electron chi connectivity index (χ2n) is 9.82. The average Bonchev–Trinajstić information content (AvgIpc) is 3.13. The predicted octanol–water partition coefficient (Wildman–Crippen LogP) is 3.51. The lowest BCUT2D eigenvalue weighted by atomic mass is 9.73. The van der Waals surface area contributed by atoms with Crippen LogP contribution in [-0.2, 0) is 10.2 Å². The second kappa shape index (κ2) is 8.70. The van der Waals surface area contributed by atoms with Gasteiger partial charge in [-0.1, -0.05) is 42.5 Å². The van der Waals surface area contributed by atoms with Crippen LogP contribution < -0.4 is 0 Å². The summed E-state index contributed by atoms with van der Waals surface area (Å²) in [6.07, 6.45) is 3.58. The van der Waals surface area contributed by atoms with E-state index < -0.39 is 0 Å². The van der Waals surface area contributed by atoms with Gasteiger partial charge in [-0.05, 0) is 60.9 Å². The number of piperidine rings is 1. The van der Waals surface area contributed by atoms with Crippen LogP contribution in [0.4, 0.5) is 0 Å². The van der Waals surface area contributed by atoms with Crippen LogP contribution in [0.1, 0.15) is 53.1 Å². The van der Waals surface area contributed by atoms with Crippen molar-refractivity contribution in [3.8, 4) is 0 Å². The fourth-order valence-electron chi connectivity index (χ4n) is 5.98. The molecule has 5 nitrogen and oxygen atoms in total. The smallest absolute Gasteiger partial charge is 0.253 e. The van der Waals surface area contributed by atoms with Crippen LogP contribution in [0.15, 0.2) is 54.6 Å². The first-order chi connectivity index (χ1) is 15.6. The number of rotatable bonds is 3. The molecule has 3 aliphatic rings. The monoisotopic (exact) mass is 431 g/mol. The lowest BCUT2D eigenvalue weighted by Crippen LogP contribution is -2.47. The third-order valence-electron chi connectivity index (χ3n) is 7.91. The lowest BCUT2D eigenvalue weighted by Gasteiger charge is -2.40. The third-order valence-corrected chi connectivity index (χ3v) is 7.91. The summed E-state index contributed by atoms with van der Waals surface area (Å²) in [6, 6.07) is 18.3. The maximum absolute atomic E-state index is 13.1. The Morgan fingerprint density at radius 1 is 0.844 bits per heavy atom. The maximum atomic E-state index is 13.1. The number of likely N-dealkylation sites (N-methyl/N-ethyl adjacent to an activating group) is 1. The van der Waals surface area contributed by atoms with Gasteiger partial charge in [-0.15, -0.1) is 0 Å². The molecule has 2 aromatic rings. The standard InChI is InChI=1S/C27H33N3O2/c1-28-15-17-29(18-16-28)25(31)19-22-20-27(24-10-6-5-9-23(22)24)11-13-30(14-12-27)26(32)21-7-3-2-4-8-21/h2-10,22H,11-20H2,1H3/t22-/m1/s1. The van der Waals surface area contributed by atoms with E-state index in [1.54, 1.807) is 0 Å². The van der Waals surface area contributed by atoms with Crippen LogP contribution >= 0.6 is 0 Å². The van der Waals surface area contributed by atoms with Gasteiger partial charge >= 0.3 is 0 Å². The number of likely N-dealkylation sites (tertiary alicyclic amines) is 1. The summed E-state index contributed by atoms with van der Waals surface area (Å²) < 4.78 is 0. The molecule has 5 heteroatoms. The van der Waals surface area contributed by atoms with E-state index in [-0.39, 0.29) is 17.2 Å². The Morgan fingerprint density at radius 2 is 1.50 bits per heavy atom. The van der Waals surface area contributed by atoms with Crippen molar-refractivity contribution in [2.24, 2.45) is 0 Å². The summed E-state index contributed by atoms with van der Waals surface area (Å²) in [4.78, 5) is 32.4. The zero-order valence-corrected chi connectivity index (χ0v) is 19.0. The minimum atomic E-state index is 0.0944. The van der Waals surface area contributed by atoms with Gasteiger partial charge in [0.2, 0.25) is 5.91 Å². The summed E-state index contributed by atoms with van der Waals surface area (Å²) in [6.45, 7) is 5.16. The van der Waals surface area contributed by atoms with Gasteiger partial charge in [-0.3, -0.25) is 9.59 Å². The molecule has 168 valence electrons. The topological polar surface area (TPSA) is 43.9 Å². The minimum Gasteiger partial charge on any atom is -0.340 e. The Morgan fingerprint density at radius 3 is 2.22 bits per heavy atom. The van der Waals surface area contributed by atoms with Crippen molar-refractivity contribution in [2.75, 3.05) is 46.3 Å². The molecule has 2 aromatic carbocycles. The number of amides is 2. The Hall–Kier alpha value is -2.66. The van der Waals surface area contributed by atoms with Crippen LogP contribution in [0, 0.1) is 0 Å². The molecule has 1 spiro atoms. The Kier molecular flexibility index (Phi) is 5.76. The fourth-order valence-corrected chi connectivity index (χ4v) is 5.98. The number of fused-ring (bicyclic) bond motifs is 2. The van der Waals surface area contributed by atoms with Crippen molar-refractivity contribution < 1.29 is 9.59 Å². The average molecular weight is 432 g/mol. The summed E-state index contributed by atoms with van der Waals surface area (Å²) >= 11 is 0. The Bertz CT molecular complexity index is 973. The molecule has 0 radical (unpaired) electrons. The molecular weight excluding hydrogens is 398 g/mol. The zero-order chi connectivity index (χ0) is 22.1. The molecule has 0 unspecified atom stereocenters. The van der Waals surface area contributed by atoms with Crippen LogP contribution in [0.3, 0.4) is 0 Å². The summed E-state index contributed by atoms with van der Waals surface area (Å²) in [5, 5.41) is 0. The van der Waals surface area contributed by atoms with Gasteiger partial charge in [0.15, 0.2) is 0 Å². The highest BCUT2D eigenvalue weighted by Gasteiger charge is 2.46. The number of hydrogen-bond donors (Lipinski definition) is 0. The van der Waals surface area contributed by atoms with E-state index in [1.165, 1.54) is 11.1 Å². The van der Waals surface area contributed by atoms with E-state index >= 15 is 0 Å². The molecular formula is C27H33N3O2. The Balaban J connectivity index is 1.29. The lowest BCUT2D eigenvalue weighted by molar-refractivity contribution is -0.133. The van der Waals surface area contributed by atoms with Crippen molar-refractivity contribution >= 4 is 11.8 Å². The van der Waals surface area contributed by atoms with E-state index in [4.69, 9.17) is 0 Å². The molecule has 2 heterocycles. The predicted molar refractivity (Wildman–Crippen MR) is 126 cm³/mol. The van der Waals surface area contributed by atoms with Gasteiger partial charge in [0.25, 0.3) is 5.91 Å². The molecule has 0 bridgehead atoms. The molecule has 1 atom stereocenters. The van der Waals surface area contributed by atoms with Crippen LogP contribution in [0.5, 0.6) is 0 Å². The third kappa shape index (κ3) is 3.95. The Labute approximate surface area is 191 Å². The van der Waals surface area contributed by atoms with Gasteiger partial charge in [-0.2, -0.15) is 0 Å². The quantitative estimate of drug-likeness (QED) is 0.747. The maximum Gasteiger partial charge on any atom is 0.253 e. The van der Waals surface area contributed by atoms with Crippen molar-refractivity contribution in [3.05, 3.63) is 71.3 Å². The van der Waals surface area contributed by atoms with Gasteiger partial charge < -0.3 is 14.7 Å². The normalized spacial score (nSPS) is 22.7. The van der Waals surface area contributed by atoms with Gasteiger partial charge in [0, 0.05) is 51.3 Å². The number of hydrogen-bond acceptors (Lipinski definition) is 3. The summed E-state index contributed by atoms with van der Waals surface area (Å²) in [5.41, 5.74) is 3.64. The highest BCUT2D eigenvalue weighted by atomic mass is 16.2. The first kappa shape index (κ1) is 21.2. The minimum absolute atomic E-state index is 0.0944. The summed E-state index contributed by atoms with van der Waals surface area (Å²) in [5.74, 6) is 0.718. The SMILES string of the molecule is CN1CCN(C(=O)C[C@@H]2CC3(CCN(C(=O)c4ccccc4)CC3)c3ccccc32)CC1. The largest absolute Gasteiger partial charge is 0.340 e. The van der Waals surface area contributed by atoms with Crippen molar-refractivity contribution in [1.82, 2.24) is 14.7 Å². The van der Waals surface area contributed by atoms with Crippen molar-refractivity contribution in [3.63, 3.8) is 0 Å². The molecule has 32 heavy (non-hydrogen) atoms. The van der Waals surface area contributed by atoms with Gasteiger partial charge in [0.1, 0.15) is 0 Å². The van der Waals surface area contributed by atoms with Crippen molar-refractivity contribution in [2.45, 2.75) is 37.0 Å². The van der Waals surface area contributed by atoms with Gasteiger partial charge in [-0.25, -0.2) is 0 Å². The first-order valence-corrected chi connectivity index (χ1v) is 12.0. The molecule has 2 fully saturated rings. The van der Waals surface area contributed by atoms with Crippen LogP contribution in [-0.4, -0.2) is 72.8 Å². The van der Waals surface area contributed by atoms with Gasteiger partial charge in [0.05, 0.1) is 0 Å². The highest BCUT2D eigenvalue weighted by Crippen LogP contribution is 2.52. The second-order valence-corrected chi connectivity index (χ2v) is 9.82. The number of piperazine rings is 1. The number of nitrogens with zero attached hydrogens (tertiary/aromatic N) is 3. The molecule has 0 saturated carbocycles. The molecule has 2 aliphatic heterocycles. The van der Waals surface area contributed by atoms with E-state index in [2.05, 4.69) is 41.1 Å². The first-order valence-electron chi connectivity index (χ1n) is 12.0. The molecule has 2 amide bonds. The number of benzene rings is 2. The summed E-state index contributed by atoms with van der Waals surface area (Å²) in [7, 11) is 2.12. The number of carbonyl (C=O) groups excluding carboxylic acids is 2. The highest BCUT2D eigenvalue weighted by molar-refractivity contribution is 5.94. The van der Waals surface area contributed by atoms with Crippen LogP contribution in [0.25, 0.3) is 0 Å². The number of carbonyl (C=O) groups is 2. The van der Waals surface area contributed by atoms with E-state index in [0.29, 0.717) is 12.3 Å². The molecule has 2 saturated heterocycles. The van der Waals surface area contributed by atoms with E-state index in [1.807, 2.05) is 35.2 Å². The molecule has 1 aliphatic carbocycles. The van der Waals surface area contributed by atoms with Crippen LogP contribution in [0.2, 0.25) is 0 Å².